The predicted molar refractivity (Wildman–Crippen MR) is 74.7 cm³/mol. The van der Waals surface area contributed by atoms with Crippen LogP contribution in [0.5, 0.6) is 0 Å². The molecule has 1 unspecified atom stereocenters. The molecule has 0 aromatic carbocycles. The van der Waals surface area contributed by atoms with Gasteiger partial charge < -0.3 is 15.4 Å². The van der Waals surface area contributed by atoms with Crippen LogP contribution < -0.4 is 10.6 Å². The van der Waals surface area contributed by atoms with Crippen LogP contribution in [0.4, 0.5) is 5.82 Å². The van der Waals surface area contributed by atoms with E-state index in [9.17, 15) is 4.79 Å². The van der Waals surface area contributed by atoms with Gasteiger partial charge in [-0.25, -0.2) is 4.98 Å². The highest BCUT2D eigenvalue weighted by Gasteiger charge is 2.30. The molecule has 19 heavy (non-hydrogen) atoms. The van der Waals surface area contributed by atoms with Crippen LogP contribution in [0.1, 0.15) is 30.1 Å². The first-order valence-electron chi connectivity index (χ1n) is 6.28. The molecule has 2 rings (SSSR count). The number of hydrogen-bond acceptors (Lipinski definition) is 4. The number of carbonyl (C=O) groups excluding carboxylic acids is 1. The van der Waals surface area contributed by atoms with Gasteiger partial charge in [0.25, 0.3) is 5.91 Å². The summed E-state index contributed by atoms with van der Waals surface area (Å²) in [5.74, 6) is 0.413. The van der Waals surface area contributed by atoms with Gasteiger partial charge in [-0.2, -0.15) is 0 Å². The van der Waals surface area contributed by atoms with Gasteiger partial charge in [0, 0.05) is 19.9 Å². The number of nitrogens with one attached hydrogen (secondary N) is 2. The Labute approximate surface area is 117 Å². The summed E-state index contributed by atoms with van der Waals surface area (Å²) in [4.78, 5) is 16.4. The molecule has 5 nitrogen and oxygen atoms in total. The Morgan fingerprint density at radius 2 is 2.37 bits per heavy atom. The lowest BCUT2D eigenvalue weighted by Gasteiger charge is -2.34. The minimum absolute atomic E-state index is 0.197. The molecule has 1 aromatic heterocycles. The highest BCUT2D eigenvalue weighted by Crippen LogP contribution is 2.22. The van der Waals surface area contributed by atoms with E-state index in [1.54, 1.807) is 13.1 Å². The maximum atomic E-state index is 12.3. The Bertz CT molecular complexity index is 473. The molecule has 0 spiro atoms. The maximum absolute atomic E-state index is 12.3. The van der Waals surface area contributed by atoms with Crippen LogP contribution >= 0.6 is 11.6 Å². The fourth-order valence-electron chi connectivity index (χ4n) is 2.12. The van der Waals surface area contributed by atoms with Crippen LogP contribution in [0.25, 0.3) is 0 Å². The molecule has 6 heteroatoms. The fraction of sp³-hybridized carbons (Fsp3) is 0.538. The molecular weight excluding hydrogens is 266 g/mol. The smallest absolute Gasteiger partial charge is 0.253 e. The van der Waals surface area contributed by atoms with Crippen molar-refractivity contribution in [2.45, 2.75) is 25.3 Å². The van der Waals surface area contributed by atoms with Gasteiger partial charge in [0.1, 0.15) is 5.82 Å². The minimum atomic E-state index is -0.332. The summed E-state index contributed by atoms with van der Waals surface area (Å²) in [6, 6.07) is 1.64. The Balaban J connectivity index is 2.15. The van der Waals surface area contributed by atoms with Gasteiger partial charge in [0.05, 0.1) is 22.7 Å². The average Bonchev–Trinajstić information content (AvgIpc) is 2.39. The van der Waals surface area contributed by atoms with Crippen LogP contribution in [0.2, 0.25) is 5.02 Å². The molecule has 0 saturated carbocycles. The SMILES string of the molecule is CNc1cc(C(=O)NC2(C)CCCOC2)c(Cl)cn1. The zero-order chi connectivity index (χ0) is 13.9. The average molecular weight is 284 g/mol. The van der Waals surface area contributed by atoms with E-state index in [2.05, 4.69) is 15.6 Å². The highest BCUT2D eigenvalue weighted by atomic mass is 35.5. The maximum Gasteiger partial charge on any atom is 0.253 e. The van der Waals surface area contributed by atoms with E-state index in [1.165, 1.54) is 6.20 Å². The summed E-state index contributed by atoms with van der Waals surface area (Å²) in [5, 5.41) is 6.23. The van der Waals surface area contributed by atoms with Gasteiger partial charge in [-0.3, -0.25) is 4.79 Å². The molecule has 0 bridgehead atoms. The molecule has 1 saturated heterocycles. The van der Waals surface area contributed by atoms with Gasteiger partial charge in [-0.15, -0.1) is 0 Å². The van der Waals surface area contributed by atoms with Crippen molar-refractivity contribution in [3.05, 3.63) is 22.8 Å². The number of pyridine rings is 1. The van der Waals surface area contributed by atoms with Crippen molar-refractivity contribution in [1.29, 1.82) is 0 Å². The van der Waals surface area contributed by atoms with Crippen molar-refractivity contribution in [3.63, 3.8) is 0 Å². The quantitative estimate of drug-likeness (QED) is 0.891. The van der Waals surface area contributed by atoms with E-state index < -0.39 is 0 Å². The second-order valence-electron chi connectivity index (χ2n) is 4.97. The molecule has 104 valence electrons. The molecule has 1 atom stereocenters. The van der Waals surface area contributed by atoms with E-state index in [1.807, 2.05) is 6.92 Å². The van der Waals surface area contributed by atoms with Crippen LogP contribution in [-0.2, 0) is 4.74 Å². The topological polar surface area (TPSA) is 63.2 Å². The van der Waals surface area contributed by atoms with E-state index in [0.717, 1.165) is 19.4 Å². The minimum Gasteiger partial charge on any atom is -0.379 e. The van der Waals surface area contributed by atoms with Gasteiger partial charge in [0.15, 0.2) is 0 Å². The number of halogens is 1. The standard InChI is InChI=1S/C13H18ClN3O2/c1-13(4-3-5-19-8-13)17-12(18)9-6-11(15-2)16-7-10(9)14/h6-7H,3-5,8H2,1-2H3,(H,15,16)(H,17,18). The number of nitrogens with zero attached hydrogens (tertiary/aromatic N) is 1. The lowest BCUT2D eigenvalue weighted by Crippen LogP contribution is -2.51. The van der Waals surface area contributed by atoms with Gasteiger partial charge in [-0.05, 0) is 25.8 Å². The third-order valence-electron chi connectivity index (χ3n) is 3.21. The first kappa shape index (κ1) is 14.1. The molecule has 1 aromatic rings. The predicted octanol–water partition coefficient (Wildman–Crippen LogP) is 2.08. The second kappa shape index (κ2) is 5.75. The lowest BCUT2D eigenvalue weighted by molar-refractivity contribution is 0.0272. The summed E-state index contributed by atoms with van der Waals surface area (Å²) in [7, 11) is 1.74. The van der Waals surface area contributed by atoms with Crippen molar-refractivity contribution in [2.75, 3.05) is 25.6 Å². The molecule has 0 radical (unpaired) electrons. The van der Waals surface area contributed by atoms with Gasteiger partial charge in [-0.1, -0.05) is 11.6 Å². The van der Waals surface area contributed by atoms with Crippen LogP contribution in [0, 0.1) is 0 Å². The Morgan fingerprint density at radius 1 is 1.58 bits per heavy atom. The highest BCUT2D eigenvalue weighted by molar-refractivity contribution is 6.33. The van der Waals surface area contributed by atoms with Crippen molar-refractivity contribution in [1.82, 2.24) is 10.3 Å². The molecule has 1 amide bonds. The number of ether oxygens (including phenoxy) is 1. The monoisotopic (exact) mass is 283 g/mol. The Hall–Kier alpha value is -1.33. The van der Waals surface area contributed by atoms with E-state index >= 15 is 0 Å². The van der Waals surface area contributed by atoms with Crippen molar-refractivity contribution < 1.29 is 9.53 Å². The first-order chi connectivity index (χ1) is 9.04. The zero-order valence-electron chi connectivity index (χ0n) is 11.1. The number of aromatic nitrogens is 1. The fourth-order valence-corrected chi connectivity index (χ4v) is 2.31. The molecule has 1 aliphatic heterocycles. The lowest BCUT2D eigenvalue weighted by atomic mass is 9.94. The van der Waals surface area contributed by atoms with Crippen molar-refractivity contribution >= 4 is 23.3 Å². The molecular formula is C13H18ClN3O2. The van der Waals surface area contributed by atoms with Crippen LogP contribution in [0.3, 0.4) is 0 Å². The molecule has 0 aliphatic carbocycles. The summed E-state index contributed by atoms with van der Waals surface area (Å²) in [6.07, 6.45) is 3.32. The van der Waals surface area contributed by atoms with Crippen LogP contribution in [-0.4, -0.2) is 36.7 Å². The van der Waals surface area contributed by atoms with Crippen molar-refractivity contribution in [2.24, 2.45) is 0 Å². The third kappa shape index (κ3) is 3.36. The Kier molecular flexibility index (Phi) is 4.27. The molecule has 1 fully saturated rings. The molecule has 2 heterocycles. The zero-order valence-corrected chi connectivity index (χ0v) is 11.9. The van der Waals surface area contributed by atoms with E-state index in [0.29, 0.717) is 23.0 Å². The summed E-state index contributed by atoms with van der Waals surface area (Å²) >= 11 is 6.03. The number of hydrogen-bond donors (Lipinski definition) is 2. The summed E-state index contributed by atoms with van der Waals surface area (Å²) in [5.41, 5.74) is 0.0923. The summed E-state index contributed by atoms with van der Waals surface area (Å²) in [6.45, 7) is 3.27. The van der Waals surface area contributed by atoms with E-state index in [4.69, 9.17) is 16.3 Å². The number of anilines is 1. The number of carbonyl (C=O) groups is 1. The molecule has 1 aliphatic rings. The number of rotatable bonds is 3. The second-order valence-corrected chi connectivity index (χ2v) is 5.38. The van der Waals surface area contributed by atoms with Gasteiger partial charge >= 0.3 is 0 Å². The van der Waals surface area contributed by atoms with Crippen LogP contribution in [0.15, 0.2) is 12.3 Å². The summed E-state index contributed by atoms with van der Waals surface area (Å²) < 4.78 is 5.42. The van der Waals surface area contributed by atoms with E-state index in [-0.39, 0.29) is 11.4 Å². The largest absolute Gasteiger partial charge is 0.379 e. The molecule has 2 N–H and O–H groups in total. The third-order valence-corrected chi connectivity index (χ3v) is 3.51. The number of amides is 1. The van der Waals surface area contributed by atoms with Gasteiger partial charge in [0.2, 0.25) is 0 Å². The van der Waals surface area contributed by atoms with Crippen molar-refractivity contribution in [3.8, 4) is 0 Å². The first-order valence-corrected chi connectivity index (χ1v) is 6.65. The Morgan fingerprint density at radius 3 is 3.00 bits per heavy atom. The normalized spacial score (nSPS) is 22.9.